The molecule has 3 rings (SSSR count). The van der Waals surface area contributed by atoms with E-state index in [-0.39, 0.29) is 24.4 Å². The number of halogens is 1. The number of aliphatic carboxylic acids is 1. The first kappa shape index (κ1) is 23.1. The van der Waals surface area contributed by atoms with Gasteiger partial charge in [-0.2, -0.15) is 0 Å². The number of amides is 2. The van der Waals surface area contributed by atoms with Crippen molar-refractivity contribution in [1.29, 1.82) is 0 Å². The number of alkyl halides is 1. The number of carbonyl (C=O) groups is 4. The molecule has 1 heterocycles. The summed E-state index contributed by atoms with van der Waals surface area (Å²) in [6, 6.07) is 13.3. The van der Waals surface area contributed by atoms with Gasteiger partial charge in [-0.15, -0.1) is 0 Å². The highest BCUT2D eigenvalue weighted by Gasteiger charge is 2.49. The minimum Gasteiger partial charge on any atom is -0.480 e. The first-order valence-corrected chi connectivity index (χ1v) is 9.92. The largest absolute Gasteiger partial charge is 0.480 e. The van der Waals surface area contributed by atoms with E-state index in [4.69, 9.17) is 4.74 Å². The number of carboxylic acids is 1. The van der Waals surface area contributed by atoms with Gasteiger partial charge in [0, 0.05) is 30.2 Å². The summed E-state index contributed by atoms with van der Waals surface area (Å²) in [5.41, 5.74) is -0.815. The number of hydrogen-bond donors (Lipinski definition) is 2. The highest BCUT2D eigenvalue weighted by atomic mass is 19.1. The lowest BCUT2D eigenvalue weighted by molar-refractivity contribution is -0.147. The Morgan fingerprint density at radius 1 is 1.06 bits per heavy atom. The maximum absolute atomic E-state index is 14.7. The molecule has 9 heteroatoms. The number of ketones is 1. The Morgan fingerprint density at radius 3 is 2.25 bits per heavy atom. The van der Waals surface area contributed by atoms with Gasteiger partial charge in [-0.1, -0.05) is 42.5 Å². The van der Waals surface area contributed by atoms with Crippen LogP contribution < -0.4 is 5.32 Å². The van der Waals surface area contributed by atoms with Crippen molar-refractivity contribution in [3.05, 3.63) is 71.3 Å². The molecule has 0 bridgehead atoms. The van der Waals surface area contributed by atoms with Gasteiger partial charge in [0.2, 0.25) is 5.91 Å². The first-order chi connectivity index (χ1) is 15.2. The summed E-state index contributed by atoms with van der Waals surface area (Å²) in [4.78, 5) is 49.7. The van der Waals surface area contributed by atoms with Crippen LogP contribution in [-0.4, -0.2) is 72.1 Å². The van der Waals surface area contributed by atoms with Crippen LogP contribution in [0.3, 0.4) is 0 Å². The van der Waals surface area contributed by atoms with Gasteiger partial charge in [0.05, 0.1) is 19.7 Å². The highest BCUT2D eigenvalue weighted by Crippen LogP contribution is 2.31. The van der Waals surface area contributed by atoms with Crippen molar-refractivity contribution >= 4 is 23.6 Å². The molecule has 168 valence electrons. The van der Waals surface area contributed by atoms with Crippen molar-refractivity contribution in [2.75, 3.05) is 26.8 Å². The van der Waals surface area contributed by atoms with Crippen LogP contribution in [0.25, 0.3) is 0 Å². The molecule has 2 atom stereocenters. The zero-order valence-electron chi connectivity index (χ0n) is 17.4. The third-order valence-electron chi connectivity index (χ3n) is 5.24. The van der Waals surface area contributed by atoms with Crippen LogP contribution in [0.4, 0.5) is 4.39 Å². The topological polar surface area (TPSA) is 113 Å². The van der Waals surface area contributed by atoms with Gasteiger partial charge >= 0.3 is 5.97 Å². The van der Waals surface area contributed by atoms with Crippen LogP contribution in [0, 0.1) is 0 Å². The molecule has 0 spiro atoms. The minimum atomic E-state index is -1.96. The summed E-state index contributed by atoms with van der Waals surface area (Å²) < 4.78 is 19.5. The SMILES string of the molecule is COCC1(F)CC(C(=O)O)N(C(=O)CNC(=O)c2ccc(C(=O)c3ccccc3)cc2)C1. The standard InChI is InChI=1S/C23H23FN2O6/c1-32-14-23(24)11-18(22(30)31)26(13-23)19(27)12-25-21(29)17-9-7-16(8-10-17)20(28)15-5-3-2-4-6-15/h2-10,18H,11-14H2,1H3,(H,25,29)(H,30,31). The molecular weight excluding hydrogens is 419 g/mol. The van der Waals surface area contributed by atoms with E-state index in [1.807, 2.05) is 0 Å². The molecule has 0 aliphatic carbocycles. The average molecular weight is 442 g/mol. The molecule has 2 aromatic rings. The van der Waals surface area contributed by atoms with E-state index in [0.717, 1.165) is 4.90 Å². The zero-order valence-corrected chi connectivity index (χ0v) is 17.4. The van der Waals surface area contributed by atoms with E-state index in [9.17, 15) is 28.7 Å². The summed E-state index contributed by atoms with van der Waals surface area (Å²) >= 11 is 0. The monoisotopic (exact) mass is 442 g/mol. The van der Waals surface area contributed by atoms with Gasteiger partial charge in [-0.25, -0.2) is 9.18 Å². The number of likely N-dealkylation sites (tertiary alicyclic amines) is 1. The maximum atomic E-state index is 14.7. The number of methoxy groups -OCH3 is 1. The Balaban J connectivity index is 1.61. The second-order valence-corrected chi connectivity index (χ2v) is 7.62. The van der Waals surface area contributed by atoms with Gasteiger partial charge in [0.25, 0.3) is 5.91 Å². The second kappa shape index (κ2) is 9.69. The Labute approximate surface area is 184 Å². The zero-order chi connectivity index (χ0) is 23.3. The molecule has 1 fully saturated rings. The summed E-state index contributed by atoms with van der Waals surface area (Å²) in [7, 11) is 1.29. The highest BCUT2D eigenvalue weighted by molar-refractivity contribution is 6.09. The molecule has 1 aliphatic heterocycles. The third kappa shape index (κ3) is 5.17. The van der Waals surface area contributed by atoms with E-state index in [1.165, 1.54) is 31.4 Å². The lowest BCUT2D eigenvalue weighted by atomic mass is 10.0. The van der Waals surface area contributed by atoms with E-state index in [2.05, 4.69) is 5.32 Å². The molecule has 0 saturated carbocycles. The molecule has 32 heavy (non-hydrogen) atoms. The maximum Gasteiger partial charge on any atom is 0.326 e. The van der Waals surface area contributed by atoms with Crippen molar-refractivity contribution < 1.29 is 33.4 Å². The lowest BCUT2D eigenvalue weighted by Gasteiger charge is -2.22. The fourth-order valence-electron chi connectivity index (χ4n) is 3.67. The Hall–Kier alpha value is -3.59. The van der Waals surface area contributed by atoms with Crippen LogP contribution in [0.2, 0.25) is 0 Å². The number of rotatable bonds is 8. The number of carboxylic acid groups (broad SMARTS) is 1. The van der Waals surface area contributed by atoms with Crippen molar-refractivity contribution in [3.8, 4) is 0 Å². The number of carbonyl (C=O) groups excluding carboxylic acids is 3. The van der Waals surface area contributed by atoms with E-state index < -0.39 is 42.6 Å². The second-order valence-electron chi connectivity index (χ2n) is 7.62. The van der Waals surface area contributed by atoms with Crippen molar-refractivity contribution in [1.82, 2.24) is 10.2 Å². The fourth-order valence-corrected chi connectivity index (χ4v) is 3.67. The molecule has 0 radical (unpaired) electrons. The summed E-state index contributed by atoms with van der Waals surface area (Å²) in [6.07, 6.45) is -0.382. The Bertz CT molecular complexity index is 1010. The van der Waals surface area contributed by atoms with Crippen LogP contribution >= 0.6 is 0 Å². The van der Waals surface area contributed by atoms with Gasteiger partial charge in [-0.3, -0.25) is 14.4 Å². The molecule has 2 aromatic carbocycles. The molecule has 2 amide bonds. The predicted molar refractivity (Wildman–Crippen MR) is 112 cm³/mol. The quantitative estimate of drug-likeness (QED) is 0.602. The van der Waals surface area contributed by atoms with Crippen LogP contribution in [-0.2, 0) is 14.3 Å². The van der Waals surface area contributed by atoms with Gasteiger partial charge < -0.3 is 20.1 Å². The summed E-state index contributed by atoms with van der Waals surface area (Å²) in [5.74, 6) is -2.80. The fraction of sp³-hybridized carbons (Fsp3) is 0.304. The van der Waals surface area contributed by atoms with Crippen LogP contribution in [0.1, 0.15) is 32.7 Å². The molecule has 0 aromatic heterocycles. The molecule has 8 nitrogen and oxygen atoms in total. The summed E-state index contributed by atoms with van der Waals surface area (Å²) in [6.45, 7) is -1.25. The van der Waals surface area contributed by atoms with E-state index in [1.54, 1.807) is 30.3 Å². The van der Waals surface area contributed by atoms with Crippen molar-refractivity contribution in [2.24, 2.45) is 0 Å². The molecule has 2 N–H and O–H groups in total. The Kier molecular flexibility index (Phi) is 6.99. The number of ether oxygens (including phenoxy) is 1. The molecule has 1 aliphatic rings. The van der Waals surface area contributed by atoms with Crippen molar-refractivity contribution in [3.63, 3.8) is 0 Å². The number of benzene rings is 2. The average Bonchev–Trinajstić information content (AvgIpc) is 3.15. The molecule has 2 unspecified atom stereocenters. The smallest absolute Gasteiger partial charge is 0.326 e. The predicted octanol–water partition coefficient (Wildman–Crippen LogP) is 1.69. The normalized spacial score (nSPS) is 20.1. The van der Waals surface area contributed by atoms with Gasteiger partial charge in [-0.05, 0) is 12.1 Å². The first-order valence-electron chi connectivity index (χ1n) is 9.92. The van der Waals surface area contributed by atoms with E-state index >= 15 is 0 Å². The molecule has 1 saturated heterocycles. The number of nitrogens with one attached hydrogen (secondary N) is 1. The van der Waals surface area contributed by atoms with Crippen LogP contribution in [0.15, 0.2) is 54.6 Å². The minimum absolute atomic E-state index is 0.188. The molecular formula is C23H23FN2O6. The van der Waals surface area contributed by atoms with Gasteiger partial charge in [0.1, 0.15) is 6.04 Å². The lowest BCUT2D eigenvalue weighted by Crippen LogP contribution is -2.46. The van der Waals surface area contributed by atoms with E-state index in [0.29, 0.717) is 11.1 Å². The van der Waals surface area contributed by atoms with Crippen molar-refractivity contribution in [2.45, 2.75) is 18.1 Å². The van der Waals surface area contributed by atoms with Crippen LogP contribution in [0.5, 0.6) is 0 Å². The van der Waals surface area contributed by atoms with Gasteiger partial charge in [0.15, 0.2) is 11.5 Å². The number of nitrogens with zero attached hydrogens (tertiary/aromatic N) is 1. The summed E-state index contributed by atoms with van der Waals surface area (Å²) in [5, 5.41) is 11.7. The Morgan fingerprint density at radius 2 is 1.66 bits per heavy atom. The third-order valence-corrected chi connectivity index (χ3v) is 5.24. The number of hydrogen-bond acceptors (Lipinski definition) is 5.